The van der Waals surface area contributed by atoms with Gasteiger partial charge in [0.1, 0.15) is 0 Å². The zero-order chi connectivity index (χ0) is 26.2. The monoisotopic (exact) mass is 494 g/mol. The van der Waals surface area contributed by atoms with Crippen LogP contribution in [0.1, 0.15) is 38.3 Å². The first-order valence-corrected chi connectivity index (χ1v) is 12.7. The molecule has 1 amide bonds. The van der Waals surface area contributed by atoms with Crippen LogP contribution in [0.5, 0.6) is 0 Å². The van der Waals surface area contributed by atoms with Crippen LogP contribution >= 0.6 is 0 Å². The van der Waals surface area contributed by atoms with Gasteiger partial charge in [0.15, 0.2) is 5.78 Å². The van der Waals surface area contributed by atoms with Gasteiger partial charge in [0.05, 0.1) is 24.0 Å². The van der Waals surface area contributed by atoms with Gasteiger partial charge < -0.3 is 20.4 Å². The number of nitrogens with one attached hydrogen (secondary N) is 2. The summed E-state index contributed by atoms with van der Waals surface area (Å²) in [5.74, 6) is -0.00902. The Morgan fingerprint density at radius 1 is 0.973 bits per heavy atom. The molecular weight excluding hydrogens is 460 g/mol. The van der Waals surface area contributed by atoms with Crippen molar-refractivity contribution in [1.29, 1.82) is 0 Å². The molecule has 37 heavy (non-hydrogen) atoms. The first kappa shape index (κ1) is 24.6. The molecule has 0 aromatic heterocycles. The van der Waals surface area contributed by atoms with Crippen molar-refractivity contribution in [3.8, 4) is 0 Å². The Labute approximate surface area is 219 Å². The number of amides is 1. The second-order valence-corrected chi connectivity index (χ2v) is 10.9. The van der Waals surface area contributed by atoms with Gasteiger partial charge in [0, 0.05) is 43.2 Å². The lowest BCUT2D eigenvalue weighted by Gasteiger charge is -2.38. The molecule has 2 N–H and O–H groups in total. The number of rotatable bonds is 5. The van der Waals surface area contributed by atoms with Gasteiger partial charge in [-0.1, -0.05) is 56.3 Å². The second-order valence-electron chi connectivity index (χ2n) is 10.9. The molecule has 3 aromatic rings. The molecule has 5 rings (SSSR count). The summed E-state index contributed by atoms with van der Waals surface area (Å²) in [6.45, 7) is 4.37. The van der Waals surface area contributed by atoms with Crippen LogP contribution in [0.15, 0.2) is 90.1 Å². The third kappa shape index (κ3) is 5.10. The maximum absolute atomic E-state index is 13.8. The highest BCUT2D eigenvalue weighted by atomic mass is 16.2. The maximum atomic E-state index is 13.8. The quantitative estimate of drug-likeness (QED) is 0.455. The first-order chi connectivity index (χ1) is 17.7. The van der Waals surface area contributed by atoms with Crippen LogP contribution in [0.4, 0.5) is 22.7 Å². The number of anilines is 4. The fourth-order valence-corrected chi connectivity index (χ4v) is 5.41. The minimum absolute atomic E-state index is 0.0984. The fourth-order valence-electron chi connectivity index (χ4n) is 5.41. The van der Waals surface area contributed by atoms with E-state index in [9.17, 15) is 9.59 Å². The minimum Gasteiger partial charge on any atom is -0.378 e. The van der Waals surface area contributed by atoms with Crippen molar-refractivity contribution in [2.75, 3.05) is 41.1 Å². The molecule has 3 aromatic carbocycles. The standard InChI is InChI=1S/C31H34N4O2/c1-31(2)18-25-29(27(36)19-31)30(21-14-16-23(17-15-21)34(3)4)35(26-13-9-8-12-24(26)33-25)20-28(37)32-22-10-6-5-7-11-22/h5-17,30,33H,18-20H2,1-4H3,(H,32,37)/t30-/m1/s1. The normalized spacial score (nSPS) is 18.3. The van der Waals surface area contributed by atoms with Crippen molar-refractivity contribution in [1.82, 2.24) is 0 Å². The Kier molecular flexibility index (Phi) is 6.50. The van der Waals surface area contributed by atoms with E-state index in [1.807, 2.05) is 68.7 Å². The average molecular weight is 495 g/mol. The zero-order valence-corrected chi connectivity index (χ0v) is 21.9. The van der Waals surface area contributed by atoms with Gasteiger partial charge in [-0.25, -0.2) is 0 Å². The lowest BCUT2D eigenvalue weighted by Crippen LogP contribution is -2.40. The number of hydrogen-bond donors (Lipinski definition) is 2. The predicted molar refractivity (Wildman–Crippen MR) is 151 cm³/mol. The van der Waals surface area contributed by atoms with Crippen LogP contribution in [0, 0.1) is 5.41 Å². The molecule has 1 aliphatic carbocycles. The predicted octanol–water partition coefficient (Wildman–Crippen LogP) is 6.01. The highest BCUT2D eigenvalue weighted by molar-refractivity contribution is 6.02. The number of hydrogen-bond acceptors (Lipinski definition) is 5. The largest absolute Gasteiger partial charge is 0.378 e. The highest BCUT2D eigenvalue weighted by Crippen LogP contribution is 2.48. The molecule has 1 atom stereocenters. The van der Waals surface area contributed by atoms with Crippen LogP contribution in [0.25, 0.3) is 0 Å². The van der Waals surface area contributed by atoms with Crippen LogP contribution in [0.3, 0.4) is 0 Å². The summed E-state index contributed by atoms with van der Waals surface area (Å²) < 4.78 is 0. The van der Waals surface area contributed by atoms with E-state index >= 15 is 0 Å². The molecule has 0 bridgehead atoms. The molecule has 0 spiro atoms. The number of fused-ring (bicyclic) bond motifs is 1. The molecule has 0 unspecified atom stereocenters. The van der Waals surface area contributed by atoms with Crippen molar-refractivity contribution in [2.45, 2.75) is 32.7 Å². The molecule has 6 nitrogen and oxygen atoms in total. The molecular formula is C31H34N4O2. The minimum atomic E-state index is -0.396. The molecule has 6 heteroatoms. The number of nitrogens with zero attached hydrogens (tertiary/aromatic N) is 2. The third-order valence-corrected chi connectivity index (χ3v) is 7.10. The molecule has 0 fully saturated rings. The van der Waals surface area contributed by atoms with Crippen molar-refractivity contribution < 1.29 is 9.59 Å². The van der Waals surface area contributed by atoms with Crippen LogP contribution < -0.4 is 20.4 Å². The van der Waals surface area contributed by atoms with Crippen molar-refractivity contribution in [2.24, 2.45) is 5.41 Å². The van der Waals surface area contributed by atoms with E-state index in [-0.39, 0.29) is 23.7 Å². The van der Waals surface area contributed by atoms with Gasteiger partial charge in [-0.05, 0) is 53.8 Å². The molecule has 0 saturated heterocycles. The van der Waals surface area contributed by atoms with Gasteiger partial charge in [0.2, 0.25) is 5.91 Å². The summed E-state index contributed by atoms with van der Waals surface area (Å²) in [5, 5.41) is 6.63. The van der Waals surface area contributed by atoms with E-state index in [0.717, 1.165) is 46.0 Å². The number of carbonyl (C=O) groups excluding carboxylic acids is 2. The molecule has 1 heterocycles. The average Bonchev–Trinajstić information content (AvgIpc) is 2.98. The molecule has 1 aliphatic heterocycles. The van der Waals surface area contributed by atoms with Gasteiger partial charge in [-0.15, -0.1) is 0 Å². The Balaban J connectivity index is 1.64. The highest BCUT2D eigenvalue weighted by Gasteiger charge is 2.41. The van der Waals surface area contributed by atoms with E-state index in [0.29, 0.717) is 6.42 Å². The first-order valence-electron chi connectivity index (χ1n) is 12.7. The Hall–Kier alpha value is -4.06. The lowest BCUT2D eigenvalue weighted by molar-refractivity contribution is -0.119. The number of allylic oxidation sites excluding steroid dienone is 1. The lowest BCUT2D eigenvalue weighted by atomic mass is 9.73. The summed E-state index contributed by atoms with van der Waals surface area (Å²) >= 11 is 0. The van der Waals surface area contributed by atoms with Crippen LogP contribution in [0.2, 0.25) is 0 Å². The maximum Gasteiger partial charge on any atom is 0.243 e. The number of benzene rings is 3. The number of ketones is 1. The van der Waals surface area contributed by atoms with Crippen LogP contribution in [-0.4, -0.2) is 32.3 Å². The third-order valence-electron chi connectivity index (χ3n) is 7.10. The zero-order valence-electron chi connectivity index (χ0n) is 21.9. The number of carbonyl (C=O) groups is 2. The van der Waals surface area contributed by atoms with E-state index < -0.39 is 6.04 Å². The van der Waals surface area contributed by atoms with Gasteiger partial charge >= 0.3 is 0 Å². The molecule has 190 valence electrons. The Morgan fingerprint density at radius 3 is 2.35 bits per heavy atom. The Morgan fingerprint density at radius 2 is 1.65 bits per heavy atom. The molecule has 2 aliphatic rings. The summed E-state index contributed by atoms with van der Waals surface area (Å²) in [5.41, 5.74) is 6.16. The van der Waals surface area contributed by atoms with Crippen molar-refractivity contribution in [3.05, 3.63) is 95.7 Å². The topological polar surface area (TPSA) is 64.7 Å². The van der Waals surface area contributed by atoms with E-state index in [4.69, 9.17) is 0 Å². The smallest absolute Gasteiger partial charge is 0.243 e. The van der Waals surface area contributed by atoms with Gasteiger partial charge in [-0.2, -0.15) is 0 Å². The van der Waals surface area contributed by atoms with Crippen molar-refractivity contribution >= 4 is 34.4 Å². The summed E-state index contributed by atoms with van der Waals surface area (Å²) in [6.07, 6.45) is 1.24. The SMILES string of the molecule is CN(C)c1ccc([C@@H]2C3=C(CC(C)(C)CC3=O)Nc3ccccc3N2CC(=O)Nc2ccccc2)cc1. The molecule has 0 saturated carbocycles. The summed E-state index contributed by atoms with van der Waals surface area (Å²) in [6, 6.07) is 25.4. The second kappa shape index (κ2) is 9.77. The number of Topliss-reactive ketones (excluding diaryl/α,β-unsaturated/α-hetero) is 1. The summed E-state index contributed by atoms with van der Waals surface area (Å²) in [4.78, 5) is 31.3. The van der Waals surface area contributed by atoms with Gasteiger partial charge in [0.25, 0.3) is 0 Å². The van der Waals surface area contributed by atoms with E-state index in [1.54, 1.807) is 0 Å². The Bertz CT molecular complexity index is 1340. The van der Waals surface area contributed by atoms with Gasteiger partial charge in [-0.3, -0.25) is 9.59 Å². The van der Waals surface area contributed by atoms with E-state index in [2.05, 4.69) is 58.5 Å². The fraction of sp³-hybridized carbons (Fsp3) is 0.290. The molecule has 0 radical (unpaired) electrons. The number of para-hydroxylation sites is 3. The van der Waals surface area contributed by atoms with E-state index in [1.165, 1.54) is 0 Å². The van der Waals surface area contributed by atoms with Crippen LogP contribution in [-0.2, 0) is 9.59 Å². The van der Waals surface area contributed by atoms with Crippen molar-refractivity contribution in [3.63, 3.8) is 0 Å². The summed E-state index contributed by atoms with van der Waals surface area (Å²) in [7, 11) is 4.02.